The van der Waals surface area contributed by atoms with Gasteiger partial charge in [0.1, 0.15) is 6.10 Å². The van der Waals surface area contributed by atoms with Crippen LogP contribution in [0.3, 0.4) is 0 Å². The molecule has 2 unspecified atom stereocenters. The van der Waals surface area contributed by atoms with Crippen LogP contribution in [0.5, 0.6) is 0 Å². The van der Waals surface area contributed by atoms with Gasteiger partial charge in [-0.15, -0.1) is 0 Å². The molecule has 0 bridgehead atoms. The highest BCUT2D eigenvalue weighted by Crippen LogP contribution is 2.33. The third-order valence-corrected chi connectivity index (χ3v) is 3.42. The average molecular weight is 182 g/mol. The summed E-state index contributed by atoms with van der Waals surface area (Å²) in [4.78, 5) is 13.5. The number of carbonyl (C=O) groups is 1. The molecule has 0 radical (unpaired) electrons. The van der Waals surface area contributed by atoms with E-state index in [2.05, 4.69) is 5.32 Å². The van der Waals surface area contributed by atoms with Crippen molar-refractivity contribution >= 4 is 6.09 Å². The topological polar surface area (TPSA) is 41.6 Å². The number of ether oxygens (including phenoxy) is 1. The van der Waals surface area contributed by atoms with Crippen molar-refractivity contribution in [3.63, 3.8) is 0 Å². The van der Waals surface area contributed by atoms with E-state index in [1.807, 2.05) is 4.90 Å². The van der Waals surface area contributed by atoms with Crippen molar-refractivity contribution in [3.05, 3.63) is 0 Å². The van der Waals surface area contributed by atoms with Gasteiger partial charge in [-0.3, -0.25) is 4.90 Å². The lowest BCUT2D eigenvalue weighted by Gasteiger charge is -2.35. The lowest BCUT2D eigenvalue weighted by molar-refractivity contribution is 0.112. The van der Waals surface area contributed by atoms with Crippen molar-refractivity contribution in [2.45, 2.75) is 37.5 Å². The maximum Gasteiger partial charge on any atom is 0.410 e. The summed E-state index contributed by atoms with van der Waals surface area (Å²) in [6.45, 7) is 1.74. The third-order valence-electron chi connectivity index (χ3n) is 3.42. The number of nitrogens with zero attached hydrogens (tertiary/aromatic N) is 1. The van der Waals surface area contributed by atoms with E-state index < -0.39 is 0 Å². The minimum Gasteiger partial charge on any atom is -0.442 e. The molecule has 3 aliphatic rings. The van der Waals surface area contributed by atoms with Gasteiger partial charge < -0.3 is 10.1 Å². The summed E-state index contributed by atoms with van der Waals surface area (Å²) in [7, 11) is 0. The van der Waals surface area contributed by atoms with Crippen molar-refractivity contribution in [3.8, 4) is 0 Å². The molecular weight excluding hydrogens is 168 g/mol. The predicted octanol–water partition coefficient (Wildman–Crippen LogP) is 0.331. The first-order chi connectivity index (χ1) is 6.36. The monoisotopic (exact) mass is 182 g/mol. The van der Waals surface area contributed by atoms with E-state index in [-0.39, 0.29) is 12.2 Å². The molecule has 1 amide bonds. The van der Waals surface area contributed by atoms with Crippen molar-refractivity contribution in [2.24, 2.45) is 0 Å². The van der Waals surface area contributed by atoms with Crippen LogP contribution < -0.4 is 5.32 Å². The van der Waals surface area contributed by atoms with Crippen LogP contribution in [0.2, 0.25) is 0 Å². The number of nitrogens with one attached hydrogen (secondary N) is 1. The highest BCUT2D eigenvalue weighted by Gasteiger charge is 2.48. The molecule has 1 aliphatic carbocycles. The van der Waals surface area contributed by atoms with E-state index >= 15 is 0 Å². The zero-order valence-electron chi connectivity index (χ0n) is 7.53. The lowest BCUT2D eigenvalue weighted by atomic mass is 9.90. The van der Waals surface area contributed by atoms with Crippen LogP contribution in [0.1, 0.15) is 19.3 Å². The Bertz CT molecular complexity index is 240. The summed E-state index contributed by atoms with van der Waals surface area (Å²) in [5.41, 5.74) is 0. The fourth-order valence-electron chi connectivity index (χ4n) is 2.45. The van der Waals surface area contributed by atoms with E-state index in [1.54, 1.807) is 0 Å². The molecule has 3 fully saturated rings. The lowest BCUT2D eigenvalue weighted by Crippen LogP contribution is -2.47. The highest BCUT2D eigenvalue weighted by atomic mass is 16.6. The predicted molar refractivity (Wildman–Crippen MR) is 46.4 cm³/mol. The van der Waals surface area contributed by atoms with Crippen molar-refractivity contribution in [1.82, 2.24) is 10.2 Å². The molecule has 2 heterocycles. The molecule has 0 aromatic carbocycles. The quantitative estimate of drug-likeness (QED) is 0.635. The normalized spacial score (nSPS) is 38.8. The van der Waals surface area contributed by atoms with Gasteiger partial charge in [0.2, 0.25) is 0 Å². The molecule has 2 atom stereocenters. The Morgan fingerprint density at radius 1 is 1.38 bits per heavy atom. The molecule has 2 saturated heterocycles. The minimum absolute atomic E-state index is 0.0822. The van der Waals surface area contributed by atoms with E-state index in [0.717, 1.165) is 13.1 Å². The Hall–Kier alpha value is -0.770. The number of hydrogen-bond donors (Lipinski definition) is 1. The summed E-state index contributed by atoms with van der Waals surface area (Å²) in [6, 6.07) is 0.792. The Kier molecular flexibility index (Phi) is 1.53. The van der Waals surface area contributed by atoms with Gasteiger partial charge in [0, 0.05) is 19.1 Å². The van der Waals surface area contributed by atoms with Crippen LogP contribution in [-0.4, -0.2) is 42.3 Å². The Morgan fingerprint density at radius 2 is 2.23 bits per heavy atom. The van der Waals surface area contributed by atoms with E-state index in [1.165, 1.54) is 19.3 Å². The van der Waals surface area contributed by atoms with Crippen LogP contribution in [0, 0.1) is 0 Å². The molecule has 4 nitrogen and oxygen atoms in total. The van der Waals surface area contributed by atoms with Gasteiger partial charge in [-0.1, -0.05) is 0 Å². The van der Waals surface area contributed by atoms with Crippen molar-refractivity contribution in [1.29, 1.82) is 0 Å². The average Bonchev–Trinajstić information content (AvgIpc) is 2.51. The number of fused-ring (bicyclic) bond motifs is 1. The Morgan fingerprint density at radius 3 is 2.92 bits per heavy atom. The Labute approximate surface area is 77.2 Å². The third kappa shape index (κ3) is 0.981. The fraction of sp³-hybridized carbons (Fsp3) is 0.889. The van der Waals surface area contributed by atoms with Gasteiger partial charge in [-0.25, -0.2) is 4.79 Å². The second-order valence-electron chi connectivity index (χ2n) is 4.14. The molecular formula is C9H14N2O2. The molecule has 2 aliphatic heterocycles. The highest BCUT2D eigenvalue weighted by molar-refractivity contribution is 5.71. The van der Waals surface area contributed by atoms with Gasteiger partial charge in [-0.2, -0.15) is 0 Å². The zero-order valence-corrected chi connectivity index (χ0v) is 7.53. The smallest absolute Gasteiger partial charge is 0.410 e. The van der Waals surface area contributed by atoms with Crippen molar-refractivity contribution in [2.75, 3.05) is 13.1 Å². The van der Waals surface area contributed by atoms with Crippen LogP contribution in [0.25, 0.3) is 0 Å². The maximum atomic E-state index is 11.5. The van der Waals surface area contributed by atoms with E-state index in [0.29, 0.717) is 12.1 Å². The molecule has 4 heteroatoms. The molecule has 72 valence electrons. The molecule has 1 saturated carbocycles. The van der Waals surface area contributed by atoms with Crippen LogP contribution >= 0.6 is 0 Å². The molecule has 13 heavy (non-hydrogen) atoms. The fourth-order valence-corrected chi connectivity index (χ4v) is 2.45. The minimum atomic E-state index is -0.0822. The van der Waals surface area contributed by atoms with Gasteiger partial charge >= 0.3 is 6.09 Å². The number of carbonyl (C=O) groups excluding carboxylic acids is 1. The van der Waals surface area contributed by atoms with Gasteiger partial charge in [0.25, 0.3) is 0 Å². The largest absolute Gasteiger partial charge is 0.442 e. The summed E-state index contributed by atoms with van der Waals surface area (Å²) >= 11 is 0. The van der Waals surface area contributed by atoms with Crippen LogP contribution in [-0.2, 0) is 4.74 Å². The molecule has 1 N–H and O–H groups in total. The first-order valence-electron chi connectivity index (χ1n) is 5.06. The molecule has 0 aromatic rings. The Balaban J connectivity index is 1.80. The molecule has 3 rings (SSSR count). The van der Waals surface area contributed by atoms with Crippen molar-refractivity contribution < 1.29 is 9.53 Å². The summed E-state index contributed by atoms with van der Waals surface area (Å²) in [5, 5.41) is 3.26. The maximum absolute atomic E-state index is 11.5. The standard InChI is InChI=1S/C9H14N2O2/c12-9-11(6-2-1-3-6)7-4-10-5-8(7)13-9/h6-8,10H,1-5H2. The first-order valence-corrected chi connectivity index (χ1v) is 5.06. The number of amides is 1. The summed E-state index contributed by atoms with van der Waals surface area (Å²) in [5.74, 6) is 0. The van der Waals surface area contributed by atoms with Gasteiger partial charge in [0.05, 0.1) is 6.04 Å². The zero-order chi connectivity index (χ0) is 8.84. The summed E-state index contributed by atoms with van der Waals surface area (Å²) < 4.78 is 5.28. The van der Waals surface area contributed by atoms with E-state index in [9.17, 15) is 4.79 Å². The second-order valence-corrected chi connectivity index (χ2v) is 4.14. The van der Waals surface area contributed by atoms with Gasteiger partial charge in [-0.05, 0) is 19.3 Å². The van der Waals surface area contributed by atoms with Gasteiger partial charge in [0.15, 0.2) is 0 Å². The summed E-state index contributed by atoms with van der Waals surface area (Å²) in [6.07, 6.45) is 3.63. The number of hydrogen-bond acceptors (Lipinski definition) is 3. The first kappa shape index (κ1) is 7.62. The molecule has 0 spiro atoms. The second kappa shape index (κ2) is 2.61. The SMILES string of the molecule is O=C1OC2CNCC2N1C1CCC1. The van der Waals surface area contributed by atoms with E-state index in [4.69, 9.17) is 4.74 Å². The van der Waals surface area contributed by atoms with Crippen LogP contribution in [0.4, 0.5) is 4.79 Å². The molecule has 0 aromatic heterocycles. The van der Waals surface area contributed by atoms with Crippen LogP contribution in [0.15, 0.2) is 0 Å². The number of rotatable bonds is 1.